The highest BCUT2D eigenvalue weighted by atomic mass is 35.5. The summed E-state index contributed by atoms with van der Waals surface area (Å²) in [5.41, 5.74) is 1.66. The fourth-order valence-electron chi connectivity index (χ4n) is 1.97. The van der Waals surface area contributed by atoms with Crippen molar-refractivity contribution in [1.29, 1.82) is 0 Å². The van der Waals surface area contributed by atoms with Crippen molar-refractivity contribution in [3.8, 4) is 11.4 Å². The number of rotatable bonds is 4. The molecule has 0 saturated heterocycles. The van der Waals surface area contributed by atoms with Gasteiger partial charge in [-0.25, -0.2) is 14.8 Å². The van der Waals surface area contributed by atoms with E-state index in [0.717, 1.165) is 5.69 Å². The number of carboxylic acid groups (broad SMARTS) is 1. The van der Waals surface area contributed by atoms with E-state index < -0.39 is 5.97 Å². The first-order valence-electron chi connectivity index (χ1n) is 6.00. The van der Waals surface area contributed by atoms with Crippen LogP contribution < -0.4 is 4.74 Å². The summed E-state index contributed by atoms with van der Waals surface area (Å²) in [5, 5.41) is 9.00. The lowest BCUT2D eigenvalue weighted by molar-refractivity contribution is 0.0690. The van der Waals surface area contributed by atoms with Gasteiger partial charge in [0.1, 0.15) is 0 Å². The van der Waals surface area contributed by atoms with E-state index >= 15 is 0 Å². The molecule has 6 nitrogen and oxygen atoms in total. The molecule has 1 N–H and O–H groups in total. The van der Waals surface area contributed by atoms with Crippen LogP contribution in [0.3, 0.4) is 0 Å². The third kappa shape index (κ3) is 2.60. The van der Waals surface area contributed by atoms with Gasteiger partial charge in [0.15, 0.2) is 11.4 Å². The van der Waals surface area contributed by atoms with Gasteiger partial charge in [-0.05, 0) is 18.9 Å². The molecule has 2 aromatic heterocycles. The van der Waals surface area contributed by atoms with Crippen molar-refractivity contribution in [2.45, 2.75) is 18.8 Å². The first-order chi connectivity index (χ1) is 9.19. The molecular formula is C13H14ClN3O3. The second-order valence-electron chi connectivity index (χ2n) is 4.53. The van der Waals surface area contributed by atoms with Crippen molar-refractivity contribution in [2.24, 2.45) is 0 Å². The van der Waals surface area contributed by atoms with Gasteiger partial charge < -0.3 is 14.4 Å². The molecule has 1 saturated carbocycles. The van der Waals surface area contributed by atoms with Crippen LogP contribution in [0.4, 0.5) is 0 Å². The molecule has 106 valence electrons. The van der Waals surface area contributed by atoms with Crippen molar-refractivity contribution < 1.29 is 14.6 Å². The van der Waals surface area contributed by atoms with E-state index in [4.69, 9.17) is 9.84 Å². The SMILES string of the molecule is COc1cnc(C(=O)O)cc1-n1cnc(C2CC2)c1.Cl. The molecule has 1 aliphatic carbocycles. The number of halogens is 1. The number of methoxy groups -OCH3 is 1. The lowest BCUT2D eigenvalue weighted by Gasteiger charge is -2.09. The largest absolute Gasteiger partial charge is 0.493 e. The minimum Gasteiger partial charge on any atom is -0.493 e. The monoisotopic (exact) mass is 295 g/mol. The van der Waals surface area contributed by atoms with Crippen LogP contribution in [0.2, 0.25) is 0 Å². The van der Waals surface area contributed by atoms with Gasteiger partial charge in [0.05, 0.1) is 31.0 Å². The highest BCUT2D eigenvalue weighted by Gasteiger charge is 2.26. The third-order valence-corrected chi connectivity index (χ3v) is 3.16. The van der Waals surface area contributed by atoms with Crippen molar-refractivity contribution in [2.75, 3.05) is 7.11 Å². The summed E-state index contributed by atoms with van der Waals surface area (Å²) in [6.45, 7) is 0. The lowest BCUT2D eigenvalue weighted by Crippen LogP contribution is -2.04. The number of aromatic carboxylic acids is 1. The van der Waals surface area contributed by atoms with E-state index in [2.05, 4.69) is 9.97 Å². The molecule has 7 heteroatoms. The Bertz CT molecular complexity index is 638. The Morgan fingerprint density at radius 2 is 2.20 bits per heavy atom. The van der Waals surface area contributed by atoms with Crippen molar-refractivity contribution in [3.63, 3.8) is 0 Å². The van der Waals surface area contributed by atoms with E-state index in [1.165, 1.54) is 32.2 Å². The molecule has 3 rings (SSSR count). The number of hydrogen-bond acceptors (Lipinski definition) is 4. The molecule has 0 spiro atoms. The fraction of sp³-hybridized carbons (Fsp3) is 0.308. The zero-order valence-corrected chi connectivity index (χ0v) is 11.6. The summed E-state index contributed by atoms with van der Waals surface area (Å²) in [4.78, 5) is 19.2. The van der Waals surface area contributed by atoms with E-state index in [9.17, 15) is 4.79 Å². The molecular weight excluding hydrogens is 282 g/mol. The molecule has 20 heavy (non-hydrogen) atoms. The van der Waals surface area contributed by atoms with Crippen molar-refractivity contribution >= 4 is 18.4 Å². The standard InChI is InChI=1S/C13H13N3O3.ClH/c1-19-12-5-14-9(13(17)18)4-11(12)16-6-10(15-7-16)8-2-3-8;/h4-8H,2-3H2,1H3,(H,17,18);1H. The summed E-state index contributed by atoms with van der Waals surface area (Å²) >= 11 is 0. The smallest absolute Gasteiger partial charge is 0.354 e. The summed E-state index contributed by atoms with van der Waals surface area (Å²) in [6.07, 6.45) is 7.35. The quantitative estimate of drug-likeness (QED) is 0.936. The predicted molar refractivity (Wildman–Crippen MR) is 74.1 cm³/mol. The highest BCUT2D eigenvalue weighted by molar-refractivity contribution is 5.86. The Morgan fingerprint density at radius 3 is 2.80 bits per heavy atom. The van der Waals surface area contributed by atoms with Crippen LogP contribution in [0, 0.1) is 0 Å². The van der Waals surface area contributed by atoms with Gasteiger partial charge in [0.2, 0.25) is 0 Å². The minimum atomic E-state index is -1.06. The fourth-order valence-corrected chi connectivity index (χ4v) is 1.97. The number of nitrogens with zero attached hydrogens (tertiary/aromatic N) is 3. The number of ether oxygens (including phenoxy) is 1. The van der Waals surface area contributed by atoms with Crippen LogP contribution in [-0.4, -0.2) is 32.7 Å². The zero-order chi connectivity index (χ0) is 13.4. The number of hydrogen-bond donors (Lipinski definition) is 1. The normalized spacial score (nSPS) is 13.7. The predicted octanol–water partition coefficient (Wildman–Crippen LogP) is 2.27. The first-order valence-corrected chi connectivity index (χ1v) is 6.00. The summed E-state index contributed by atoms with van der Waals surface area (Å²) < 4.78 is 6.99. The highest BCUT2D eigenvalue weighted by Crippen LogP contribution is 2.39. The lowest BCUT2D eigenvalue weighted by atomic mass is 10.3. The van der Waals surface area contributed by atoms with Gasteiger partial charge in [-0.2, -0.15) is 0 Å². The van der Waals surface area contributed by atoms with Crippen LogP contribution >= 0.6 is 12.4 Å². The molecule has 0 radical (unpaired) electrons. The Kier molecular flexibility index (Phi) is 3.94. The maximum Gasteiger partial charge on any atom is 0.354 e. The second-order valence-corrected chi connectivity index (χ2v) is 4.53. The van der Waals surface area contributed by atoms with Crippen molar-refractivity contribution in [1.82, 2.24) is 14.5 Å². The maximum atomic E-state index is 11.0. The van der Waals surface area contributed by atoms with Crippen LogP contribution in [0.1, 0.15) is 34.9 Å². The first kappa shape index (κ1) is 14.3. The van der Waals surface area contributed by atoms with E-state index in [-0.39, 0.29) is 18.1 Å². The number of carboxylic acids is 1. The van der Waals surface area contributed by atoms with Gasteiger partial charge in [0, 0.05) is 12.1 Å². The van der Waals surface area contributed by atoms with Crippen LogP contribution in [0.15, 0.2) is 24.8 Å². The van der Waals surface area contributed by atoms with Gasteiger partial charge >= 0.3 is 5.97 Å². The van der Waals surface area contributed by atoms with Crippen molar-refractivity contribution in [3.05, 3.63) is 36.2 Å². The molecule has 1 fully saturated rings. The molecule has 0 bridgehead atoms. The Labute approximate surface area is 121 Å². The van der Waals surface area contributed by atoms with E-state index in [1.54, 1.807) is 10.9 Å². The summed E-state index contributed by atoms with van der Waals surface area (Å²) in [7, 11) is 1.53. The Hall–Kier alpha value is -2.08. The number of carbonyl (C=O) groups is 1. The number of aromatic nitrogens is 3. The van der Waals surface area contributed by atoms with Gasteiger partial charge in [-0.3, -0.25) is 0 Å². The molecule has 0 unspecified atom stereocenters. The molecule has 0 aliphatic heterocycles. The average molecular weight is 296 g/mol. The number of pyridine rings is 1. The molecule has 2 heterocycles. The minimum absolute atomic E-state index is 0. The van der Waals surface area contributed by atoms with Gasteiger partial charge in [-0.15, -0.1) is 12.4 Å². The average Bonchev–Trinajstić information content (AvgIpc) is 3.16. The summed E-state index contributed by atoms with van der Waals surface area (Å²) in [5.74, 6) is 0.00390. The van der Waals surface area contributed by atoms with Crippen LogP contribution in [-0.2, 0) is 0 Å². The van der Waals surface area contributed by atoms with Gasteiger partial charge in [0.25, 0.3) is 0 Å². The van der Waals surface area contributed by atoms with Crippen LogP contribution in [0.5, 0.6) is 5.75 Å². The maximum absolute atomic E-state index is 11.0. The topological polar surface area (TPSA) is 77.2 Å². The molecule has 2 aromatic rings. The molecule has 0 atom stereocenters. The van der Waals surface area contributed by atoms with E-state index in [1.807, 2.05) is 6.20 Å². The zero-order valence-electron chi connectivity index (χ0n) is 10.8. The third-order valence-electron chi connectivity index (χ3n) is 3.16. The Balaban J connectivity index is 0.00000147. The van der Waals surface area contributed by atoms with Gasteiger partial charge in [-0.1, -0.05) is 0 Å². The Morgan fingerprint density at radius 1 is 1.45 bits per heavy atom. The van der Waals surface area contributed by atoms with Crippen LogP contribution in [0.25, 0.3) is 5.69 Å². The van der Waals surface area contributed by atoms with E-state index in [0.29, 0.717) is 17.4 Å². The molecule has 1 aliphatic rings. The molecule has 0 amide bonds. The number of imidazole rings is 1. The summed E-state index contributed by atoms with van der Waals surface area (Å²) in [6, 6.07) is 1.49. The molecule has 0 aromatic carbocycles. The second kappa shape index (κ2) is 5.50.